The minimum atomic E-state index is -0.856. The van der Waals surface area contributed by atoms with Crippen LogP contribution in [0, 0.1) is 17.6 Å². The molecule has 1 aromatic heterocycles. The van der Waals surface area contributed by atoms with Gasteiger partial charge in [0.25, 0.3) is 0 Å². The molecular weight excluding hydrogens is 380 g/mol. The van der Waals surface area contributed by atoms with E-state index in [1.807, 2.05) is 0 Å². The Kier molecular flexibility index (Phi) is 7.38. The Morgan fingerprint density at radius 2 is 1.90 bits per heavy atom. The van der Waals surface area contributed by atoms with Crippen LogP contribution in [0.3, 0.4) is 0 Å². The van der Waals surface area contributed by atoms with E-state index < -0.39 is 23.4 Å². The second-order valence-corrected chi connectivity index (χ2v) is 7.29. The molecule has 0 bridgehead atoms. The third-order valence-electron chi connectivity index (χ3n) is 5.04. The zero-order valence-corrected chi connectivity index (χ0v) is 16.2. The molecule has 7 heteroatoms. The number of unbranched alkanes of at least 4 members (excludes halogenated alkanes) is 2. The minimum absolute atomic E-state index is 0.0771. The van der Waals surface area contributed by atoms with Crippen LogP contribution in [0.1, 0.15) is 44.9 Å². The molecule has 1 heterocycles. The van der Waals surface area contributed by atoms with Crippen LogP contribution in [0.25, 0.3) is 11.1 Å². The van der Waals surface area contributed by atoms with Crippen LogP contribution < -0.4 is 9.47 Å². The monoisotopic (exact) mass is 405 g/mol. The molecule has 0 atom stereocenters. The molecule has 3 rings (SSSR count). The van der Waals surface area contributed by atoms with Gasteiger partial charge in [0.15, 0.2) is 17.4 Å². The fourth-order valence-corrected chi connectivity index (χ4v) is 3.16. The van der Waals surface area contributed by atoms with E-state index >= 15 is 0 Å². The van der Waals surface area contributed by atoms with Crippen molar-refractivity contribution in [3.05, 3.63) is 42.1 Å². The summed E-state index contributed by atoms with van der Waals surface area (Å²) in [4.78, 5) is 14.7. The summed E-state index contributed by atoms with van der Waals surface area (Å²) >= 11 is 0. The maximum Gasteiger partial charge on any atom is 0.303 e. The van der Waals surface area contributed by atoms with E-state index in [2.05, 4.69) is 4.98 Å². The number of benzene rings is 1. The SMILES string of the molecule is O=C(O)CCCCCOc1c(F)cc(-c2cccnc2OCC2CCC2)cc1F. The maximum atomic E-state index is 14.5. The fourth-order valence-electron chi connectivity index (χ4n) is 3.16. The van der Waals surface area contributed by atoms with Crippen molar-refractivity contribution in [3.8, 4) is 22.8 Å². The predicted octanol–water partition coefficient (Wildman–Crippen LogP) is 5.23. The normalized spacial score (nSPS) is 13.7. The summed E-state index contributed by atoms with van der Waals surface area (Å²) in [6.45, 7) is 0.674. The van der Waals surface area contributed by atoms with Crippen molar-refractivity contribution in [3.63, 3.8) is 0 Å². The third kappa shape index (κ3) is 5.89. The van der Waals surface area contributed by atoms with Gasteiger partial charge in [-0.2, -0.15) is 0 Å². The van der Waals surface area contributed by atoms with Crippen LogP contribution in [0.4, 0.5) is 8.78 Å². The summed E-state index contributed by atoms with van der Waals surface area (Å²) in [6, 6.07) is 5.86. The van der Waals surface area contributed by atoms with Crippen molar-refractivity contribution in [1.29, 1.82) is 0 Å². The average Bonchev–Trinajstić information content (AvgIpc) is 2.65. The van der Waals surface area contributed by atoms with Crippen molar-refractivity contribution in [2.24, 2.45) is 5.92 Å². The molecule has 1 aliphatic rings. The van der Waals surface area contributed by atoms with E-state index in [0.717, 1.165) is 12.8 Å². The summed E-state index contributed by atoms with van der Waals surface area (Å²) in [6.07, 6.45) is 6.79. The zero-order valence-electron chi connectivity index (χ0n) is 16.2. The van der Waals surface area contributed by atoms with Gasteiger partial charge in [0.2, 0.25) is 5.88 Å². The first-order valence-corrected chi connectivity index (χ1v) is 9.96. The van der Waals surface area contributed by atoms with Crippen molar-refractivity contribution in [2.75, 3.05) is 13.2 Å². The molecule has 1 aliphatic carbocycles. The molecule has 0 unspecified atom stereocenters. The van der Waals surface area contributed by atoms with Gasteiger partial charge >= 0.3 is 5.97 Å². The van der Waals surface area contributed by atoms with Crippen LogP contribution in [0.2, 0.25) is 0 Å². The highest BCUT2D eigenvalue weighted by Gasteiger charge is 2.20. The van der Waals surface area contributed by atoms with E-state index in [1.165, 1.54) is 18.6 Å². The highest BCUT2D eigenvalue weighted by molar-refractivity contribution is 5.69. The summed E-state index contributed by atoms with van der Waals surface area (Å²) in [7, 11) is 0. The average molecular weight is 405 g/mol. The third-order valence-corrected chi connectivity index (χ3v) is 5.04. The smallest absolute Gasteiger partial charge is 0.303 e. The number of hydrogen-bond acceptors (Lipinski definition) is 4. The molecule has 2 aromatic rings. The lowest BCUT2D eigenvalue weighted by atomic mass is 9.86. The molecule has 0 aliphatic heterocycles. The Labute approximate surface area is 168 Å². The first-order chi connectivity index (χ1) is 14.0. The first-order valence-electron chi connectivity index (χ1n) is 9.96. The van der Waals surface area contributed by atoms with E-state index in [-0.39, 0.29) is 13.0 Å². The Morgan fingerprint density at radius 3 is 2.55 bits per heavy atom. The lowest BCUT2D eigenvalue weighted by Crippen LogP contribution is -2.19. The maximum absolute atomic E-state index is 14.5. The highest BCUT2D eigenvalue weighted by atomic mass is 19.1. The predicted molar refractivity (Wildman–Crippen MR) is 104 cm³/mol. The summed E-state index contributed by atoms with van der Waals surface area (Å²) < 4.78 is 40.0. The fraction of sp³-hybridized carbons (Fsp3) is 0.455. The number of rotatable bonds is 11. The van der Waals surface area contributed by atoms with Crippen molar-refractivity contribution < 1.29 is 28.2 Å². The lowest BCUT2D eigenvalue weighted by molar-refractivity contribution is -0.137. The van der Waals surface area contributed by atoms with Gasteiger partial charge in [-0.15, -0.1) is 0 Å². The molecule has 0 radical (unpaired) electrons. The molecule has 1 saturated carbocycles. The van der Waals surface area contributed by atoms with Gasteiger partial charge in [-0.25, -0.2) is 13.8 Å². The largest absolute Gasteiger partial charge is 0.488 e. The molecule has 1 fully saturated rings. The van der Waals surface area contributed by atoms with Crippen molar-refractivity contribution >= 4 is 5.97 Å². The summed E-state index contributed by atoms with van der Waals surface area (Å²) in [5.41, 5.74) is 0.871. The van der Waals surface area contributed by atoms with Crippen LogP contribution in [0.15, 0.2) is 30.5 Å². The molecule has 0 saturated heterocycles. The number of ether oxygens (including phenoxy) is 2. The summed E-state index contributed by atoms with van der Waals surface area (Å²) in [5.74, 6) is -1.98. The second-order valence-electron chi connectivity index (χ2n) is 7.29. The number of carbonyl (C=O) groups is 1. The minimum Gasteiger partial charge on any atom is -0.488 e. The van der Waals surface area contributed by atoms with Gasteiger partial charge in [-0.1, -0.05) is 6.42 Å². The Hall–Kier alpha value is -2.70. The molecule has 29 heavy (non-hydrogen) atoms. The molecular formula is C22H25F2NO4. The number of halogens is 2. The van der Waals surface area contributed by atoms with Crippen LogP contribution in [0.5, 0.6) is 11.6 Å². The standard InChI is InChI=1S/C22H25F2NO4/c23-18-12-16(13-19(24)21(18)28-11-3-1-2-9-20(26)27)17-8-5-10-25-22(17)29-14-15-6-4-7-15/h5,8,10,12-13,15H,1-4,6-7,9,11,14H2,(H,26,27). The van der Waals surface area contributed by atoms with E-state index in [0.29, 0.717) is 48.8 Å². The summed E-state index contributed by atoms with van der Waals surface area (Å²) in [5, 5.41) is 8.59. The number of aromatic nitrogens is 1. The van der Waals surface area contributed by atoms with Crippen molar-refractivity contribution in [1.82, 2.24) is 4.98 Å². The molecule has 0 spiro atoms. The van der Waals surface area contributed by atoms with Gasteiger partial charge in [0.05, 0.1) is 13.2 Å². The Bertz CT molecular complexity index is 816. The van der Waals surface area contributed by atoms with Gasteiger partial charge in [0.1, 0.15) is 0 Å². The van der Waals surface area contributed by atoms with Gasteiger partial charge < -0.3 is 14.6 Å². The first kappa shape index (κ1) is 21.0. The number of nitrogens with zero attached hydrogens (tertiary/aromatic N) is 1. The quantitative estimate of drug-likeness (QED) is 0.519. The number of hydrogen-bond donors (Lipinski definition) is 1. The molecule has 0 amide bonds. The Balaban J connectivity index is 1.63. The van der Waals surface area contributed by atoms with Crippen molar-refractivity contribution in [2.45, 2.75) is 44.9 Å². The van der Waals surface area contributed by atoms with E-state index in [1.54, 1.807) is 18.3 Å². The van der Waals surface area contributed by atoms with Gasteiger partial charge in [0, 0.05) is 18.2 Å². The molecule has 1 N–H and O–H groups in total. The number of carboxylic acids is 1. The van der Waals surface area contributed by atoms with Crippen LogP contribution in [-0.2, 0) is 4.79 Å². The number of aliphatic carboxylic acids is 1. The lowest BCUT2D eigenvalue weighted by Gasteiger charge is -2.25. The highest BCUT2D eigenvalue weighted by Crippen LogP contribution is 2.34. The van der Waals surface area contributed by atoms with Crippen LogP contribution in [-0.4, -0.2) is 29.3 Å². The number of pyridine rings is 1. The molecule has 156 valence electrons. The number of carboxylic acid groups (broad SMARTS) is 1. The van der Waals surface area contributed by atoms with Crippen LogP contribution >= 0.6 is 0 Å². The second kappa shape index (κ2) is 10.2. The van der Waals surface area contributed by atoms with E-state index in [4.69, 9.17) is 14.6 Å². The molecule has 1 aromatic carbocycles. The van der Waals surface area contributed by atoms with Gasteiger partial charge in [-0.3, -0.25) is 4.79 Å². The molecule has 5 nitrogen and oxygen atoms in total. The topological polar surface area (TPSA) is 68.7 Å². The van der Waals surface area contributed by atoms with Gasteiger partial charge in [-0.05, 0) is 67.9 Å². The zero-order chi connectivity index (χ0) is 20.6. The van der Waals surface area contributed by atoms with E-state index in [9.17, 15) is 13.6 Å². The Morgan fingerprint density at radius 1 is 1.14 bits per heavy atom.